The molecule has 28 heavy (non-hydrogen) atoms. The van der Waals surface area contributed by atoms with E-state index in [1.54, 1.807) is 0 Å². The van der Waals surface area contributed by atoms with Gasteiger partial charge >= 0.3 is 0 Å². The van der Waals surface area contributed by atoms with Crippen LogP contribution in [-0.2, 0) is 0 Å². The number of nitrogens with zero attached hydrogens (tertiary/aromatic N) is 4. The van der Waals surface area contributed by atoms with Crippen LogP contribution in [0.15, 0.2) is 6.20 Å². The number of aromatic nitrogens is 4. The standard InChI is InChI=1S/C20H31N7S/c1-12(2)17-11-21-27-18(17)25-19(23-13-5-7-28-8-6-13)26-20(27)24-16-9-14-3-4-15(10-16)22-14/h11-16,22H,3-10H2,1-2H3,(H2,23,24,25,26). The van der Waals surface area contributed by atoms with Crippen LogP contribution in [0, 0.1) is 0 Å². The van der Waals surface area contributed by atoms with E-state index in [0.717, 1.165) is 30.4 Å². The third-order valence-electron chi connectivity index (χ3n) is 6.38. The number of hydrogen-bond acceptors (Lipinski definition) is 7. The van der Waals surface area contributed by atoms with E-state index in [1.807, 2.05) is 22.5 Å². The highest BCUT2D eigenvalue weighted by atomic mass is 32.2. The van der Waals surface area contributed by atoms with Crippen molar-refractivity contribution in [3.63, 3.8) is 0 Å². The molecule has 0 aliphatic carbocycles. The van der Waals surface area contributed by atoms with E-state index >= 15 is 0 Å². The summed E-state index contributed by atoms with van der Waals surface area (Å²) in [6.07, 6.45) is 9.21. The third-order valence-corrected chi connectivity index (χ3v) is 7.43. The van der Waals surface area contributed by atoms with Crippen molar-refractivity contribution in [3.05, 3.63) is 11.8 Å². The minimum Gasteiger partial charge on any atom is -0.351 e. The van der Waals surface area contributed by atoms with E-state index in [1.165, 1.54) is 42.8 Å². The highest BCUT2D eigenvalue weighted by molar-refractivity contribution is 7.99. The largest absolute Gasteiger partial charge is 0.351 e. The molecular formula is C20H31N7S. The summed E-state index contributed by atoms with van der Waals surface area (Å²) in [6, 6.07) is 2.21. The van der Waals surface area contributed by atoms with Gasteiger partial charge in [0, 0.05) is 29.7 Å². The SMILES string of the molecule is CC(C)c1cnn2c(NC3CC4CCC(C3)N4)nc(NC3CCSCC3)nc12. The predicted molar refractivity (Wildman–Crippen MR) is 115 cm³/mol. The van der Waals surface area contributed by atoms with Crippen molar-refractivity contribution in [2.45, 2.75) is 82.5 Å². The van der Waals surface area contributed by atoms with Gasteiger partial charge in [-0.2, -0.15) is 31.3 Å². The van der Waals surface area contributed by atoms with E-state index in [9.17, 15) is 0 Å². The lowest BCUT2D eigenvalue weighted by Crippen LogP contribution is -2.43. The van der Waals surface area contributed by atoms with Gasteiger partial charge in [0.05, 0.1) is 6.20 Å². The van der Waals surface area contributed by atoms with Gasteiger partial charge in [0.2, 0.25) is 11.9 Å². The van der Waals surface area contributed by atoms with E-state index in [-0.39, 0.29) is 0 Å². The van der Waals surface area contributed by atoms with Crippen LogP contribution >= 0.6 is 11.8 Å². The van der Waals surface area contributed by atoms with E-state index in [0.29, 0.717) is 30.1 Å². The fourth-order valence-electron chi connectivity index (χ4n) is 4.84. The Kier molecular flexibility index (Phi) is 5.09. The summed E-state index contributed by atoms with van der Waals surface area (Å²) in [5, 5.41) is 15.7. The summed E-state index contributed by atoms with van der Waals surface area (Å²) in [5.41, 5.74) is 2.11. The second-order valence-electron chi connectivity index (χ2n) is 8.84. The molecule has 2 unspecified atom stereocenters. The first-order chi connectivity index (χ1) is 13.7. The predicted octanol–water partition coefficient (Wildman–Crippen LogP) is 3.25. The second kappa shape index (κ2) is 7.71. The van der Waals surface area contributed by atoms with E-state index < -0.39 is 0 Å². The molecule has 0 spiro atoms. The van der Waals surface area contributed by atoms with Crippen molar-refractivity contribution in [2.24, 2.45) is 0 Å². The van der Waals surface area contributed by atoms with Crippen molar-refractivity contribution in [1.82, 2.24) is 24.9 Å². The first-order valence-electron chi connectivity index (χ1n) is 10.8. The van der Waals surface area contributed by atoms with Gasteiger partial charge in [-0.3, -0.25) is 0 Å². The number of anilines is 2. The Hall–Kier alpha value is -1.54. The molecular weight excluding hydrogens is 370 g/mol. The number of thioether (sulfide) groups is 1. The maximum atomic E-state index is 4.87. The molecule has 2 aromatic rings. The van der Waals surface area contributed by atoms with Gasteiger partial charge in [-0.25, -0.2) is 0 Å². The number of piperidine rings is 1. The first kappa shape index (κ1) is 18.5. The summed E-state index contributed by atoms with van der Waals surface area (Å²) in [7, 11) is 0. The van der Waals surface area contributed by atoms with Crippen LogP contribution in [0.25, 0.3) is 5.65 Å². The van der Waals surface area contributed by atoms with Crippen molar-refractivity contribution >= 4 is 29.3 Å². The van der Waals surface area contributed by atoms with Crippen LogP contribution in [0.2, 0.25) is 0 Å². The van der Waals surface area contributed by atoms with Gasteiger partial charge in [0.15, 0.2) is 5.65 Å². The van der Waals surface area contributed by atoms with Crippen molar-refractivity contribution < 1.29 is 0 Å². The fourth-order valence-corrected chi connectivity index (χ4v) is 5.95. The molecule has 2 aromatic heterocycles. The number of hydrogen-bond donors (Lipinski definition) is 3. The Labute approximate surface area is 170 Å². The Balaban J connectivity index is 1.45. The molecule has 152 valence electrons. The molecule has 8 heteroatoms. The summed E-state index contributed by atoms with van der Waals surface area (Å²) >= 11 is 2.04. The Morgan fingerprint density at radius 2 is 1.79 bits per heavy atom. The maximum absolute atomic E-state index is 4.87. The lowest BCUT2D eigenvalue weighted by atomic mass is 10.0. The molecule has 0 aromatic carbocycles. The molecule has 2 atom stereocenters. The van der Waals surface area contributed by atoms with Gasteiger partial charge < -0.3 is 16.0 Å². The summed E-state index contributed by atoms with van der Waals surface area (Å²) < 4.78 is 1.90. The molecule has 3 aliphatic heterocycles. The monoisotopic (exact) mass is 401 g/mol. The van der Waals surface area contributed by atoms with Gasteiger partial charge in [0.1, 0.15) is 0 Å². The molecule has 3 N–H and O–H groups in total. The molecule has 7 nitrogen and oxygen atoms in total. The maximum Gasteiger partial charge on any atom is 0.229 e. The van der Waals surface area contributed by atoms with E-state index in [4.69, 9.17) is 9.97 Å². The molecule has 3 aliphatic rings. The van der Waals surface area contributed by atoms with Gasteiger partial charge in [0.25, 0.3) is 0 Å². The van der Waals surface area contributed by atoms with Crippen LogP contribution in [0.3, 0.4) is 0 Å². The molecule has 0 amide bonds. The van der Waals surface area contributed by atoms with Crippen molar-refractivity contribution in [3.8, 4) is 0 Å². The first-order valence-corrected chi connectivity index (χ1v) is 11.9. The zero-order valence-corrected chi connectivity index (χ0v) is 17.6. The van der Waals surface area contributed by atoms with E-state index in [2.05, 4.69) is 34.9 Å². The Morgan fingerprint density at radius 1 is 1.04 bits per heavy atom. The number of rotatable bonds is 5. The Morgan fingerprint density at radius 3 is 2.50 bits per heavy atom. The van der Waals surface area contributed by atoms with Crippen molar-refractivity contribution in [1.29, 1.82) is 0 Å². The quantitative estimate of drug-likeness (QED) is 0.710. The average molecular weight is 402 g/mol. The zero-order chi connectivity index (χ0) is 19.1. The lowest BCUT2D eigenvalue weighted by molar-refractivity contribution is 0.376. The van der Waals surface area contributed by atoms with Crippen LogP contribution in [0.1, 0.15) is 63.9 Å². The van der Waals surface area contributed by atoms with Crippen molar-refractivity contribution in [2.75, 3.05) is 22.1 Å². The highest BCUT2D eigenvalue weighted by Gasteiger charge is 2.34. The van der Waals surface area contributed by atoms with Gasteiger partial charge in [-0.15, -0.1) is 0 Å². The van der Waals surface area contributed by atoms with Crippen LogP contribution in [0.4, 0.5) is 11.9 Å². The molecule has 3 saturated heterocycles. The summed E-state index contributed by atoms with van der Waals surface area (Å²) in [4.78, 5) is 9.74. The molecule has 0 saturated carbocycles. The highest BCUT2D eigenvalue weighted by Crippen LogP contribution is 2.30. The molecule has 5 rings (SSSR count). The molecule has 2 bridgehead atoms. The summed E-state index contributed by atoms with van der Waals surface area (Å²) in [5.74, 6) is 4.38. The molecule has 5 heterocycles. The second-order valence-corrected chi connectivity index (χ2v) is 10.1. The average Bonchev–Trinajstić information content (AvgIpc) is 3.26. The van der Waals surface area contributed by atoms with Crippen LogP contribution in [0.5, 0.6) is 0 Å². The normalized spacial score (nSPS) is 28.2. The third kappa shape index (κ3) is 3.68. The topological polar surface area (TPSA) is 79.2 Å². The number of nitrogens with one attached hydrogen (secondary N) is 3. The minimum absolute atomic E-state index is 0.383. The molecule has 3 fully saturated rings. The van der Waals surface area contributed by atoms with Gasteiger partial charge in [-0.05, 0) is 55.9 Å². The van der Waals surface area contributed by atoms with Gasteiger partial charge in [-0.1, -0.05) is 13.8 Å². The minimum atomic E-state index is 0.383. The zero-order valence-electron chi connectivity index (χ0n) is 16.8. The summed E-state index contributed by atoms with van der Waals surface area (Å²) in [6.45, 7) is 4.39. The molecule has 0 radical (unpaired) electrons. The lowest BCUT2D eigenvalue weighted by Gasteiger charge is -2.30. The Bertz CT molecular complexity index is 817. The smallest absolute Gasteiger partial charge is 0.229 e. The fraction of sp³-hybridized carbons (Fsp3) is 0.750. The van der Waals surface area contributed by atoms with Crippen LogP contribution < -0.4 is 16.0 Å². The number of fused-ring (bicyclic) bond motifs is 3. The van der Waals surface area contributed by atoms with Crippen LogP contribution in [-0.4, -0.2) is 55.3 Å².